The zero-order chi connectivity index (χ0) is 13.0. The Morgan fingerprint density at radius 3 is 2.44 bits per heavy atom. The van der Waals surface area contributed by atoms with E-state index in [0.717, 1.165) is 12.8 Å². The average molecular weight is 259 g/mol. The van der Waals surface area contributed by atoms with E-state index in [1.807, 2.05) is 0 Å². The standard InChI is InChI=1S/C16H21NS/c1-12-4-5-14(8-13(12)2)9-16(17-3)10-15-6-7-18-11-15/h4-8,11,16-17H,9-10H2,1-3H3. The lowest BCUT2D eigenvalue weighted by atomic mass is 9.98. The maximum atomic E-state index is 3.43. The molecule has 1 N–H and O–H groups in total. The van der Waals surface area contributed by atoms with E-state index in [2.05, 4.69) is 61.2 Å². The minimum absolute atomic E-state index is 0.515. The second-order valence-electron chi connectivity index (χ2n) is 4.94. The van der Waals surface area contributed by atoms with Crippen LogP contribution in [0.5, 0.6) is 0 Å². The van der Waals surface area contributed by atoms with Gasteiger partial charge in [0.1, 0.15) is 0 Å². The molecule has 0 aliphatic heterocycles. The van der Waals surface area contributed by atoms with E-state index in [9.17, 15) is 0 Å². The molecule has 1 aromatic heterocycles. The molecule has 1 nitrogen and oxygen atoms in total. The molecule has 0 bridgehead atoms. The third-order valence-electron chi connectivity index (χ3n) is 3.52. The Labute approximate surface area is 114 Å². The van der Waals surface area contributed by atoms with E-state index in [0.29, 0.717) is 6.04 Å². The highest BCUT2D eigenvalue weighted by atomic mass is 32.1. The molecule has 1 aromatic carbocycles. The molecular weight excluding hydrogens is 238 g/mol. The minimum Gasteiger partial charge on any atom is -0.316 e. The third-order valence-corrected chi connectivity index (χ3v) is 4.26. The van der Waals surface area contributed by atoms with Crippen LogP contribution in [-0.2, 0) is 12.8 Å². The summed E-state index contributed by atoms with van der Waals surface area (Å²) in [6.45, 7) is 4.35. The first-order chi connectivity index (χ1) is 8.69. The quantitative estimate of drug-likeness (QED) is 0.862. The molecule has 1 unspecified atom stereocenters. The van der Waals surface area contributed by atoms with E-state index >= 15 is 0 Å². The number of benzene rings is 1. The highest BCUT2D eigenvalue weighted by Crippen LogP contribution is 2.14. The van der Waals surface area contributed by atoms with Crippen molar-refractivity contribution in [3.8, 4) is 0 Å². The molecule has 0 saturated carbocycles. The lowest BCUT2D eigenvalue weighted by Crippen LogP contribution is -2.29. The van der Waals surface area contributed by atoms with Crippen molar-refractivity contribution in [2.24, 2.45) is 0 Å². The van der Waals surface area contributed by atoms with Crippen LogP contribution in [0.2, 0.25) is 0 Å². The number of hydrogen-bond donors (Lipinski definition) is 1. The molecule has 1 atom stereocenters. The zero-order valence-electron chi connectivity index (χ0n) is 11.4. The number of hydrogen-bond acceptors (Lipinski definition) is 2. The van der Waals surface area contributed by atoms with Crippen molar-refractivity contribution in [1.29, 1.82) is 0 Å². The topological polar surface area (TPSA) is 12.0 Å². The summed E-state index contributed by atoms with van der Waals surface area (Å²) in [4.78, 5) is 0. The molecule has 0 aliphatic carbocycles. The smallest absolute Gasteiger partial charge is 0.0145 e. The second-order valence-corrected chi connectivity index (χ2v) is 5.72. The number of thiophene rings is 1. The van der Waals surface area contributed by atoms with Crippen LogP contribution in [0.15, 0.2) is 35.0 Å². The molecule has 2 rings (SSSR count). The Kier molecular flexibility index (Phi) is 4.56. The van der Waals surface area contributed by atoms with Crippen LogP contribution in [0, 0.1) is 13.8 Å². The van der Waals surface area contributed by atoms with Crippen molar-refractivity contribution in [3.05, 3.63) is 57.3 Å². The summed E-state index contributed by atoms with van der Waals surface area (Å²) >= 11 is 1.77. The zero-order valence-corrected chi connectivity index (χ0v) is 12.2. The first-order valence-corrected chi connectivity index (χ1v) is 7.38. The number of rotatable bonds is 5. The van der Waals surface area contributed by atoms with E-state index in [1.54, 1.807) is 11.3 Å². The Morgan fingerprint density at radius 2 is 1.83 bits per heavy atom. The lowest BCUT2D eigenvalue weighted by molar-refractivity contribution is 0.557. The maximum Gasteiger partial charge on any atom is 0.0145 e. The van der Waals surface area contributed by atoms with Crippen LogP contribution in [0.3, 0.4) is 0 Å². The van der Waals surface area contributed by atoms with Gasteiger partial charge < -0.3 is 5.32 Å². The molecule has 0 radical (unpaired) electrons. The van der Waals surface area contributed by atoms with Crippen molar-refractivity contribution >= 4 is 11.3 Å². The molecule has 2 aromatic rings. The van der Waals surface area contributed by atoms with Crippen molar-refractivity contribution in [3.63, 3.8) is 0 Å². The molecule has 1 heterocycles. The van der Waals surface area contributed by atoms with Gasteiger partial charge in [0.15, 0.2) is 0 Å². The number of nitrogens with one attached hydrogen (secondary N) is 1. The van der Waals surface area contributed by atoms with Crippen molar-refractivity contribution in [2.45, 2.75) is 32.7 Å². The highest BCUT2D eigenvalue weighted by Gasteiger charge is 2.09. The summed E-state index contributed by atoms with van der Waals surface area (Å²) in [6, 6.07) is 9.52. The molecule has 0 fully saturated rings. The van der Waals surface area contributed by atoms with Gasteiger partial charge in [-0.2, -0.15) is 11.3 Å². The van der Waals surface area contributed by atoms with Crippen molar-refractivity contribution in [2.75, 3.05) is 7.05 Å². The summed E-state index contributed by atoms with van der Waals surface area (Å²) < 4.78 is 0. The molecule has 96 valence electrons. The second kappa shape index (κ2) is 6.17. The number of likely N-dealkylation sites (N-methyl/N-ethyl adjacent to an activating group) is 1. The van der Waals surface area contributed by atoms with Crippen LogP contribution in [-0.4, -0.2) is 13.1 Å². The summed E-state index contributed by atoms with van der Waals surface area (Å²) in [6.07, 6.45) is 2.19. The molecule has 0 aliphatic rings. The Balaban J connectivity index is 2.03. The predicted octanol–water partition coefficient (Wildman–Crippen LogP) is 3.74. The Morgan fingerprint density at radius 1 is 1.06 bits per heavy atom. The molecule has 18 heavy (non-hydrogen) atoms. The maximum absolute atomic E-state index is 3.43. The van der Waals surface area contributed by atoms with Crippen LogP contribution in [0.25, 0.3) is 0 Å². The summed E-state index contributed by atoms with van der Waals surface area (Å²) in [5.41, 5.74) is 5.62. The molecule has 2 heteroatoms. The fourth-order valence-electron chi connectivity index (χ4n) is 2.18. The molecule has 0 saturated heterocycles. The van der Waals surface area contributed by atoms with Crippen LogP contribution in [0.4, 0.5) is 0 Å². The third kappa shape index (κ3) is 3.44. The van der Waals surface area contributed by atoms with Gasteiger partial charge in [-0.3, -0.25) is 0 Å². The van der Waals surface area contributed by atoms with Crippen molar-refractivity contribution in [1.82, 2.24) is 5.32 Å². The highest BCUT2D eigenvalue weighted by molar-refractivity contribution is 7.07. The van der Waals surface area contributed by atoms with Gasteiger partial charge in [0, 0.05) is 6.04 Å². The van der Waals surface area contributed by atoms with E-state index in [-0.39, 0.29) is 0 Å². The predicted molar refractivity (Wildman–Crippen MR) is 80.5 cm³/mol. The fraction of sp³-hybridized carbons (Fsp3) is 0.375. The van der Waals surface area contributed by atoms with Gasteiger partial charge in [-0.1, -0.05) is 18.2 Å². The SMILES string of the molecule is CNC(Cc1ccsc1)Cc1ccc(C)c(C)c1. The molecule has 0 spiro atoms. The van der Waals surface area contributed by atoms with E-state index in [4.69, 9.17) is 0 Å². The van der Waals surface area contributed by atoms with Crippen molar-refractivity contribution < 1.29 is 0 Å². The van der Waals surface area contributed by atoms with E-state index < -0.39 is 0 Å². The van der Waals surface area contributed by atoms with Gasteiger partial charge in [0.2, 0.25) is 0 Å². The van der Waals surface area contributed by atoms with Gasteiger partial charge in [0.25, 0.3) is 0 Å². The van der Waals surface area contributed by atoms with Gasteiger partial charge >= 0.3 is 0 Å². The van der Waals surface area contributed by atoms with Gasteiger partial charge in [-0.25, -0.2) is 0 Å². The van der Waals surface area contributed by atoms with Gasteiger partial charge in [-0.05, 0) is 72.8 Å². The van der Waals surface area contributed by atoms with Gasteiger partial charge in [0.05, 0.1) is 0 Å². The van der Waals surface area contributed by atoms with E-state index in [1.165, 1.54) is 22.3 Å². The minimum atomic E-state index is 0.515. The Bertz CT molecular complexity index is 488. The first-order valence-electron chi connectivity index (χ1n) is 6.43. The monoisotopic (exact) mass is 259 g/mol. The van der Waals surface area contributed by atoms with Gasteiger partial charge in [-0.15, -0.1) is 0 Å². The lowest BCUT2D eigenvalue weighted by Gasteiger charge is -2.16. The summed E-state index contributed by atoms with van der Waals surface area (Å²) in [5, 5.41) is 7.82. The summed E-state index contributed by atoms with van der Waals surface area (Å²) in [5.74, 6) is 0. The van der Waals surface area contributed by atoms with Crippen LogP contribution < -0.4 is 5.32 Å². The number of aryl methyl sites for hydroxylation is 2. The largest absolute Gasteiger partial charge is 0.316 e. The molecular formula is C16H21NS. The first kappa shape index (κ1) is 13.3. The molecule has 0 amide bonds. The summed E-state index contributed by atoms with van der Waals surface area (Å²) in [7, 11) is 2.05. The van der Waals surface area contributed by atoms with Crippen LogP contribution >= 0.6 is 11.3 Å². The normalized spacial score (nSPS) is 12.6. The average Bonchev–Trinajstić information content (AvgIpc) is 2.86. The fourth-order valence-corrected chi connectivity index (χ4v) is 2.87. The Hall–Kier alpha value is -1.12. The van der Waals surface area contributed by atoms with Crippen LogP contribution in [0.1, 0.15) is 22.3 Å².